The summed E-state index contributed by atoms with van der Waals surface area (Å²) in [4.78, 5) is 26.8. The third kappa shape index (κ3) is 3.63. The van der Waals surface area contributed by atoms with Gasteiger partial charge in [-0.15, -0.1) is 0 Å². The van der Waals surface area contributed by atoms with E-state index in [1.807, 2.05) is 32.9 Å². The molecule has 0 aliphatic carbocycles. The van der Waals surface area contributed by atoms with Crippen LogP contribution in [0.5, 0.6) is 5.75 Å². The van der Waals surface area contributed by atoms with E-state index in [4.69, 9.17) is 9.47 Å². The number of carbonyl (C=O) groups excluding carboxylic acids is 2. The summed E-state index contributed by atoms with van der Waals surface area (Å²) in [6.45, 7) is 7.41. The first-order valence-corrected chi connectivity index (χ1v) is 8.93. The van der Waals surface area contributed by atoms with Crippen molar-refractivity contribution in [3.63, 3.8) is 0 Å². The maximum atomic E-state index is 12.8. The Morgan fingerprint density at radius 3 is 2.88 bits per heavy atom. The number of hydrogen-bond acceptors (Lipinski definition) is 4. The van der Waals surface area contributed by atoms with Crippen LogP contribution in [0.25, 0.3) is 0 Å². The lowest BCUT2D eigenvalue weighted by Gasteiger charge is -2.27. The standard InChI is InChI=1S/C19H26N2O4/c1-4-9-21-14-8-7-13(20-17(22)15-6-5-10-24-15)11-16(14)25-12-19(2,3)18(21)23/h7-8,11,15H,4-6,9-10,12H2,1-3H3,(H,20,22). The zero-order valence-electron chi connectivity index (χ0n) is 15.1. The molecule has 2 amide bonds. The number of fused-ring (bicyclic) bond motifs is 1. The summed E-state index contributed by atoms with van der Waals surface area (Å²) in [5, 5.41) is 2.89. The van der Waals surface area contributed by atoms with Gasteiger partial charge >= 0.3 is 0 Å². The molecule has 2 aliphatic heterocycles. The summed E-state index contributed by atoms with van der Waals surface area (Å²) in [7, 11) is 0. The van der Waals surface area contributed by atoms with E-state index in [-0.39, 0.29) is 17.9 Å². The van der Waals surface area contributed by atoms with E-state index in [2.05, 4.69) is 5.32 Å². The quantitative estimate of drug-likeness (QED) is 0.910. The first-order chi connectivity index (χ1) is 11.9. The van der Waals surface area contributed by atoms with E-state index in [1.165, 1.54) is 0 Å². The number of hydrogen-bond donors (Lipinski definition) is 1. The first-order valence-electron chi connectivity index (χ1n) is 8.93. The van der Waals surface area contributed by atoms with Crippen LogP contribution in [0.3, 0.4) is 0 Å². The van der Waals surface area contributed by atoms with Crippen molar-refractivity contribution >= 4 is 23.2 Å². The summed E-state index contributed by atoms with van der Waals surface area (Å²) < 4.78 is 11.3. The van der Waals surface area contributed by atoms with Crippen LogP contribution >= 0.6 is 0 Å². The largest absolute Gasteiger partial charge is 0.490 e. The van der Waals surface area contributed by atoms with E-state index in [9.17, 15) is 9.59 Å². The Bertz CT molecular complexity index is 665. The molecule has 0 aromatic heterocycles. The van der Waals surface area contributed by atoms with Gasteiger partial charge in [0.05, 0.1) is 11.1 Å². The van der Waals surface area contributed by atoms with Crippen LogP contribution in [-0.2, 0) is 14.3 Å². The number of amides is 2. The number of ether oxygens (including phenoxy) is 2. The van der Waals surface area contributed by atoms with E-state index in [0.29, 0.717) is 31.2 Å². The van der Waals surface area contributed by atoms with Crippen LogP contribution < -0.4 is 15.0 Å². The van der Waals surface area contributed by atoms with Gasteiger partial charge in [0.1, 0.15) is 18.5 Å². The van der Waals surface area contributed by atoms with Gasteiger partial charge in [-0.1, -0.05) is 6.92 Å². The van der Waals surface area contributed by atoms with Crippen molar-refractivity contribution < 1.29 is 19.1 Å². The van der Waals surface area contributed by atoms with Crippen molar-refractivity contribution in [1.82, 2.24) is 0 Å². The van der Waals surface area contributed by atoms with Gasteiger partial charge in [0.25, 0.3) is 5.91 Å². The Morgan fingerprint density at radius 1 is 1.40 bits per heavy atom. The molecular weight excluding hydrogens is 320 g/mol. The van der Waals surface area contributed by atoms with Gasteiger partial charge in [-0.25, -0.2) is 0 Å². The van der Waals surface area contributed by atoms with Crippen molar-refractivity contribution in [3.05, 3.63) is 18.2 Å². The molecule has 1 fully saturated rings. The van der Waals surface area contributed by atoms with Crippen LogP contribution in [0.2, 0.25) is 0 Å². The lowest BCUT2D eigenvalue weighted by Crippen LogP contribution is -2.42. The minimum atomic E-state index is -0.588. The van der Waals surface area contributed by atoms with Crippen molar-refractivity contribution in [3.8, 4) is 5.75 Å². The zero-order chi connectivity index (χ0) is 18.0. The SMILES string of the molecule is CCCN1C(=O)C(C)(C)COc2cc(NC(=O)C3CCCO3)ccc21. The van der Waals surface area contributed by atoms with Crippen LogP contribution in [0.1, 0.15) is 40.0 Å². The smallest absolute Gasteiger partial charge is 0.253 e. The molecule has 1 saturated heterocycles. The molecule has 0 spiro atoms. The number of carbonyl (C=O) groups is 2. The number of anilines is 2. The third-order valence-electron chi connectivity index (χ3n) is 4.60. The minimum absolute atomic E-state index is 0.0595. The first kappa shape index (κ1) is 17.7. The highest BCUT2D eigenvalue weighted by Gasteiger charge is 2.37. The van der Waals surface area contributed by atoms with Crippen molar-refractivity contribution in [1.29, 1.82) is 0 Å². The van der Waals surface area contributed by atoms with Crippen molar-refractivity contribution in [2.24, 2.45) is 5.41 Å². The Morgan fingerprint density at radius 2 is 2.20 bits per heavy atom. The fourth-order valence-corrected chi connectivity index (χ4v) is 3.18. The van der Waals surface area contributed by atoms with E-state index in [1.54, 1.807) is 11.0 Å². The van der Waals surface area contributed by atoms with Gasteiger partial charge < -0.3 is 19.7 Å². The van der Waals surface area contributed by atoms with Crippen LogP contribution in [0, 0.1) is 5.41 Å². The molecular formula is C19H26N2O4. The predicted octanol–water partition coefficient (Wildman–Crippen LogP) is 2.97. The molecule has 0 radical (unpaired) electrons. The van der Waals surface area contributed by atoms with Crippen molar-refractivity contribution in [2.45, 2.75) is 46.1 Å². The van der Waals surface area contributed by atoms with Crippen molar-refractivity contribution in [2.75, 3.05) is 30.0 Å². The Kier molecular flexibility index (Phi) is 4.99. The monoisotopic (exact) mass is 346 g/mol. The second kappa shape index (κ2) is 7.04. The fraction of sp³-hybridized carbons (Fsp3) is 0.579. The molecule has 6 nitrogen and oxygen atoms in total. The lowest BCUT2D eigenvalue weighted by atomic mass is 9.93. The Hall–Kier alpha value is -2.08. The fourth-order valence-electron chi connectivity index (χ4n) is 3.18. The summed E-state index contributed by atoms with van der Waals surface area (Å²) in [6.07, 6.45) is 2.14. The highest BCUT2D eigenvalue weighted by atomic mass is 16.5. The molecule has 1 unspecified atom stereocenters. The number of nitrogens with zero attached hydrogens (tertiary/aromatic N) is 1. The molecule has 6 heteroatoms. The van der Waals surface area contributed by atoms with Gasteiger partial charge in [-0.05, 0) is 45.2 Å². The lowest BCUT2D eigenvalue weighted by molar-refractivity contribution is -0.127. The average molecular weight is 346 g/mol. The van der Waals surface area contributed by atoms with E-state index >= 15 is 0 Å². The normalized spacial score (nSPS) is 22.1. The summed E-state index contributed by atoms with van der Waals surface area (Å²) in [5.41, 5.74) is 0.824. The van der Waals surface area contributed by atoms with Crippen LogP contribution in [0.4, 0.5) is 11.4 Å². The molecule has 1 N–H and O–H groups in total. The molecule has 1 atom stereocenters. The maximum absolute atomic E-state index is 12.8. The molecule has 0 saturated carbocycles. The summed E-state index contributed by atoms with van der Waals surface area (Å²) in [5.74, 6) is 0.551. The molecule has 3 rings (SSSR count). The zero-order valence-corrected chi connectivity index (χ0v) is 15.1. The van der Waals surface area contributed by atoms with Gasteiger partial charge in [0, 0.05) is 24.9 Å². The topological polar surface area (TPSA) is 67.9 Å². The van der Waals surface area contributed by atoms with Gasteiger partial charge in [-0.3, -0.25) is 9.59 Å². The summed E-state index contributed by atoms with van der Waals surface area (Å²) in [6, 6.07) is 5.44. The third-order valence-corrected chi connectivity index (χ3v) is 4.60. The molecule has 25 heavy (non-hydrogen) atoms. The predicted molar refractivity (Wildman–Crippen MR) is 96.0 cm³/mol. The van der Waals surface area contributed by atoms with Crippen LogP contribution in [-0.4, -0.2) is 37.7 Å². The molecule has 1 aromatic rings. The molecule has 0 bridgehead atoms. The highest BCUT2D eigenvalue weighted by Crippen LogP contribution is 2.38. The number of benzene rings is 1. The Balaban J connectivity index is 1.85. The maximum Gasteiger partial charge on any atom is 0.253 e. The van der Waals surface area contributed by atoms with Gasteiger partial charge in [0.15, 0.2) is 0 Å². The van der Waals surface area contributed by atoms with E-state index < -0.39 is 5.41 Å². The number of rotatable bonds is 4. The highest BCUT2D eigenvalue weighted by molar-refractivity contribution is 6.00. The van der Waals surface area contributed by atoms with Gasteiger partial charge in [-0.2, -0.15) is 0 Å². The molecule has 2 aliphatic rings. The minimum Gasteiger partial charge on any atom is -0.490 e. The second-order valence-corrected chi connectivity index (χ2v) is 7.30. The second-order valence-electron chi connectivity index (χ2n) is 7.30. The van der Waals surface area contributed by atoms with Gasteiger partial charge in [0.2, 0.25) is 5.91 Å². The van der Waals surface area contributed by atoms with E-state index in [0.717, 1.165) is 24.9 Å². The number of nitrogens with one attached hydrogen (secondary N) is 1. The Labute approximate surface area is 148 Å². The molecule has 136 valence electrons. The molecule has 2 heterocycles. The molecule has 1 aromatic carbocycles. The summed E-state index contributed by atoms with van der Waals surface area (Å²) >= 11 is 0. The average Bonchev–Trinajstić information content (AvgIpc) is 3.10. The van der Waals surface area contributed by atoms with Crippen LogP contribution in [0.15, 0.2) is 18.2 Å².